The van der Waals surface area contributed by atoms with Gasteiger partial charge in [-0.15, -0.1) is 0 Å². The molecular weight excluding hydrogens is 250 g/mol. The van der Waals surface area contributed by atoms with Crippen LogP contribution < -0.4 is 4.74 Å². The fourth-order valence-corrected chi connectivity index (χ4v) is 2.55. The molecule has 1 heterocycles. The first kappa shape index (κ1) is 15.0. The average molecular weight is 275 g/mol. The van der Waals surface area contributed by atoms with E-state index in [0.717, 1.165) is 36.8 Å². The number of carbonyl (C=O) groups is 1. The summed E-state index contributed by atoms with van der Waals surface area (Å²) in [4.78, 5) is 13.7. The van der Waals surface area contributed by atoms with Crippen LogP contribution in [0.25, 0.3) is 0 Å². The van der Waals surface area contributed by atoms with E-state index in [1.807, 2.05) is 24.3 Å². The molecule has 1 aliphatic heterocycles. The summed E-state index contributed by atoms with van der Waals surface area (Å²) in [5, 5.41) is 0. The van der Waals surface area contributed by atoms with Crippen molar-refractivity contribution in [1.82, 2.24) is 4.90 Å². The van der Waals surface area contributed by atoms with Crippen LogP contribution in [0.1, 0.15) is 43.5 Å². The molecule has 0 N–H and O–H groups in total. The molecule has 0 atom stereocenters. The molecule has 1 aromatic carbocycles. The van der Waals surface area contributed by atoms with Gasteiger partial charge in [-0.2, -0.15) is 0 Å². The Hall–Kier alpha value is -1.35. The second kappa shape index (κ2) is 7.44. The summed E-state index contributed by atoms with van der Waals surface area (Å²) in [6.45, 7) is 8.24. The summed E-state index contributed by atoms with van der Waals surface area (Å²) in [5.74, 6) is 1.83. The number of piperidine rings is 1. The Bertz CT molecular complexity index is 419. The highest BCUT2D eigenvalue weighted by molar-refractivity contribution is 5.94. The first-order chi connectivity index (χ1) is 9.65. The van der Waals surface area contributed by atoms with Crippen molar-refractivity contribution in [3.05, 3.63) is 29.8 Å². The number of benzene rings is 1. The topological polar surface area (TPSA) is 29.5 Å². The van der Waals surface area contributed by atoms with Crippen molar-refractivity contribution in [1.29, 1.82) is 0 Å². The van der Waals surface area contributed by atoms with E-state index in [-0.39, 0.29) is 5.78 Å². The number of carbonyl (C=O) groups excluding carboxylic acids is 1. The molecule has 0 aliphatic carbocycles. The molecule has 0 amide bonds. The Morgan fingerprint density at radius 3 is 2.50 bits per heavy atom. The van der Waals surface area contributed by atoms with Gasteiger partial charge in [-0.3, -0.25) is 4.79 Å². The lowest BCUT2D eigenvalue weighted by atomic mass is 9.99. The molecule has 0 aromatic heterocycles. The molecule has 3 nitrogen and oxygen atoms in total. The van der Waals surface area contributed by atoms with Crippen LogP contribution in [0.4, 0.5) is 0 Å². The Labute approximate surface area is 121 Å². The maximum atomic E-state index is 11.2. The summed E-state index contributed by atoms with van der Waals surface area (Å²) in [6, 6.07) is 7.39. The van der Waals surface area contributed by atoms with Crippen LogP contribution in [0.15, 0.2) is 24.3 Å². The van der Waals surface area contributed by atoms with E-state index in [9.17, 15) is 4.79 Å². The van der Waals surface area contributed by atoms with E-state index in [4.69, 9.17) is 4.74 Å². The molecule has 1 aliphatic rings. The van der Waals surface area contributed by atoms with Gasteiger partial charge in [-0.05, 0) is 69.5 Å². The molecule has 20 heavy (non-hydrogen) atoms. The number of hydrogen-bond donors (Lipinski definition) is 0. The minimum Gasteiger partial charge on any atom is -0.494 e. The Morgan fingerprint density at radius 1 is 1.25 bits per heavy atom. The van der Waals surface area contributed by atoms with Crippen LogP contribution in [-0.4, -0.2) is 36.9 Å². The number of hydrogen-bond acceptors (Lipinski definition) is 3. The normalized spacial score (nSPS) is 17.1. The second-order valence-corrected chi connectivity index (χ2v) is 5.81. The third-order valence-corrected chi connectivity index (χ3v) is 4.02. The molecule has 3 heteroatoms. The van der Waals surface area contributed by atoms with Gasteiger partial charge in [-0.1, -0.05) is 6.92 Å². The average Bonchev–Trinajstić information content (AvgIpc) is 2.46. The van der Waals surface area contributed by atoms with Crippen molar-refractivity contribution in [2.24, 2.45) is 5.92 Å². The molecule has 1 aromatic rings. The van der Waals surface area contributed by atoms with Crippen molar-refractivity contribution in [2.45, 2.75) is 33.1 Å². The molecular formula is C17H25NO2. The minimum absolute atomic E-state index is 0.0934. The standard InChI is InChI=1S/C17H25NO2/c1-14-8-11-18(12-9-14)10-3-13-20-17-6-4-16(5-7-17)15(2)19/h4-7,14H,3,8-13H2,1-2H3. The first-order valence-electron chi connectivity index (χ1n) is 7.61. The summed E-state index contributed by atoms with van der Waals surface area (Å²) >= 11 is 0. The Morgan fingerprint density at radius 2 is 1.90 bits per heavy atom. The third-order valence-electron chi connectivity index (χ3n) is 4.02. The van der Waals surface area contributed by atoms with E-state index in [2.05, 4.69) is 11.8 Å². The number of likely N-dealkylation sites (tertiary alicyclic amines) is 1. The molecule has 2 rings (SSSR count). The zero-order valence-electron chi connectivity index (χ0n) is 12.6. The summed E-state index contributed by atoms with van der Waals surface area (Å²) in [5.41, 5.74) is 0.736. The van der Waals surface area contributed by atoms with Crippen LogP contribution in [0.3, 0.4) is 0 Å². The molecule has 0 bridgehead atoms. The van der Waals surface area contributed by atoms with Crippen LogP contribution in [0, 0.1) is 5.92 Å². The van der Waals surface area contributed by atoms with Crippen molar-refractivity contribution in [2.75, 3.05) is 26.2 Å². The van der Waals surface area contributed by atoms with Crippen LogP contribution in [-0.2, 0) is 0 Å². The van der Waals surface area contributed by atoms with Crippen molar-refractivity contribution in [3.8, 4) is 5.75 Å². The van der Waals surface area contributed by atoms with Gasteiger partial charge in [0, 0.05) is 12.1 Å². The highest BCUT2D eigenvalue weighted by atomic mass is 16.5. The van der Waals surface area contributed by atoms with Crippen LogP contribution in [0.2, 0.25) is 0 Å². The van der Waals surface area contributed by atoms with E-state index in [0.29, 0.717) is 0 Å². The molecule has 0 radical (unpaired) electrons. The first-order valence-corrected chi connectivity index (χ1v) is 7.61. The van der Waals surface area contributed by atoms with Crippen molar-refractivity contribution >= 4 is 5.78 Å². The van der Waals surface area contributed by atoms with Crippen LogP contribution >= 0.6 is 0 Å². The van der Waals surface area contributed by atoms with Gasteiger partial charge in [0.05, 0.1) is 6.61 Å². The number of rotatable bonds is 6. The summed E-state index contributed by atoms with van der Waals surface area (Å²) < 4.78 is 5.71. The molecule has 0 spiro atoms. The smallest absolute Gasteiger partial charge is 0.159 e. The van der Waals surface area contributed by atoms with Gasteiger partial charge < -0.3 is 9.64 Å². The lowest BCUT2D eigenvalue weighted by molar-refractivity contribution is 0.101. The summed E-state index contributed by atoms with van der Waals surface area (Å²) in [6.07, 6.45) is 3.71. The monoisotopic (exact) mass is 275 g/mol. The zero-order valence-corrected chi connectivity index (χ0v) is 12.6. The van der Waals surface area contributed by atoms with Gasteiger partial charge in [0.1, 0.15) is 5.75 Å². The van der Waals surface area contributed by atoms with E-state index < -0.39 is 0 Å². The lowest BCUT2D eigenvalue weighted by Gasteiger charge is -2.30. The Kier molecular flexibility index (Phi) is 5.60. The van der Waals surface area contributed by atoms with Gasteiger partial charge in [0.2, 0.25) is 0 Å². The summed E-state index contributed by atoms with van der Waals surface area (Å²) in [7, 11) is 0. The quantitative estimate of drug-likeness (QED) is 0.589. The van der Waals surface area contributed by atoms with Crippen molar-refractivity contribution in [3.63, 3.8) is 0 Å². The SMILES string of the molecule is CC(=O)c1ccc(OCCCN2CCC(C)CC2)cc1. The fraction of sp³-hybridized carbons (Fsp3) is 0.588. The largest absolute Gasteiger partial charge is 0.494 e. The highest BCUT2D eigenvalue weighted by Gasteiger charge is 2.14. The van der Waals surface area contributed by atoms with Gasteiger partial charge >= 0.3 is 0 Å². The van der Waals surface area contributed by atoms with E-state index in [1.165, 1.54) is 25.9 Å². The molecule has 1 fully saturated rings. The zero-order chi connectivity index (χ0) is 14.4. The van der Waals surface area contributed by atoms with Gasteiger partial charge in [-0.25, -0.2) is 0 Å². The molecule has 110 valence electrons. The lowest BCUT2D eigenvalue weighted by Crippen LogP contribution is -2.34. The minimum atomic E-state index is 0.0934. The number of ether oxygens (including phenoxy) is 1. The Balaban J connectivity index is 1.64. The predicted molar refractivity (Wildman–Crippen MR) is 81.4 cm³/mol. The van der Waals surface area contributed by atoms with Crippen LogP contribution in [0.5, 0.6) is 5.75 Å². The fourth-order valence-electron chi connectivity index (χ4n) is 2.55. The second-order valence-electron chi connectivity index (χ2n) is 5.81. The maximum Gasteiger partial charge on any atom is 0.159 e. The number of nitrogens with zero attached hydrogens (tertiary/aromatic N) is 1. The van der Waals surface area contributed by atoms with Gasteiger partial charge in [0.25, 0.3) is 0 Å². The molecule has 1 saturated heterocycles. The highest BCUT2D eigenvalue weighted by Crippen LogP contribution is 2.16. The molecule has 0 unspecified atom stereocenters. The maximum absolute atomic E-state index is 11.2. The predicted octanol–water partition coefficient (Wildman–Crippen LogP) is 3.39. The van der Waals surface area contributed by atoms with Gasteiger partial charge in [0.15, 0.2) is 5.78 Å². The third kappa shape index (κ3) is 4.64. The number of Topliss-reactive ketones (excluding diaryl/α,β-unsaturated/α-hetero) is 1. The van der Waals surface area contributed by atoms with E-state index >= 15 is 0 Å². The number of ketones is 1. The van der Waals surface area contributed by atoms with Crippen molar-refractivity contribution < 1.29 is 9.53 Å². The molecule has 0 saturated carbocycles. The van der Waals surface area contributed by atoms with E-state index in [1.54, 1.807) is 6.92 Å².